The minimum Gasteiger partial charge on any atom is -0.480 e. The fourth-order valence-electron chi connectivity index (χ4n) is 5.95. The molecule has 1 amide bonds. The topological polar surface area (TPSA) is 129 Å². The largest absolute Gasteiger partial charge is 0.480 e. The highest BCUT2D eigenvalue weighted by Gasteiger charge is 2.22. The Hall–Kier alpha value is -4.58. The highest BCUT2D eigenvalue weighted by Crippen LogP contribution is 2.42. The van der Waals surface area contributed by atoms with Gasteiger partial charge in [0, 0.05) is 54.0 Å². The molecular weight excluding hydrogens is 663 g/mol. The predicted molar refractivity (Wildman–Crippen MR) is 190 cm³/mol. The van der Waals surface area contributed by atoms with E-state index in [1.807, 2.05) is 60.3 Å². The van der Waals surface area contributed by atoms with Crippen molar-refractivity contribution in [2.75, 3.05) is 20.8 Å². The molecule has 1 aliphatic heterocycles. The third-order valence-electron chi connectivity index (χ3n) is 8.48. The molecule has 0 radical (unpaired) electrons. The van der Waals surface area contributed by atoms with Crippen molar-refractivity contribution in [1.29, 1.82) is 0 Å². The summed E-state index contributed by atoms with van der Waals surface area (Å²) in [6.45, 7) is 3.91. The Morgan fingerprint density at radius 2 is 1.51 bits per heavy atom. The molecule has 4 heterocycles. The Morgan fingerprint density at radius 3 is 2.08 bits per heavy atom. The zero-order valence-corrected chi connectivity index (χ0v) is 29.2. The third kappa shape index (κ3) is 8.01. The van der Waals surface area contributed by atoms with Crippen molar-refractivity contribution in [2.24, 2.45) is 0 Å². The van der Waals surface area contributed by atoms with E-state index in [2.05, 4.69) is 25.7 Å². The van der Waals surface area contributed by atoms with E-state index in [4.69, 9.17) is 42.6 Å². The van der Waals surface area contributed by atoms with Gasteiger partial charge in [0.2, 0.25) is 17.7 Å². The normalized spacial score (nSPS) is 14.2. The quantitative estimate of drug-likeness (QED) is 0.125. The lowest BCUT2D eigenvalue weighted by Gasteiger charge is -2.15. The third-order valence-corrected chi connectivity index (χ3v) is 9.30. The van der Waals surface area contributed by atoms with E-state index in [0.717, 1.165) is 48.3 Å². The molecule has 5 aromatic rings. The van der Waals surface area contributed by atoms with Gasteiger partial charge in [0.05, 0.1) is 60.3 Å². The number of hydrogen-bond donors (Lipinski definition) is 2. The van der Waals surface area contributed by atoms with Crippen molar-refractivity contribution in [1.82, 2.24) is 40.3 Å². The number of ether oxygens (including phenoxy) is 2. The van der Waals surface area contributed by atoms with Crippen molar-refractivity contribution in [3.63, 3.8) is 0 Å². The minimum absolute atomic E-state index is 0.124. The molecule has 13 heteroatoms. The first-order chi connectivity index (χ1) is 23.8. The maximum Gasteiger partial charge on any atom is 0.237 e. The molecule has 2 aromatic carbocycles. The van der Waals surface area contributed by atoms with Crippen LogP contribution in [0, 0.1) is 6.92 Å². The van der Waals surface area contributed by atoms with Crippen LogP contribution in [0.2, 0.25) is 10.0 Å². The number of benzene rings is 2. The molecule has 1 aliphatic rings. The van der Waals surface area contributed by atoms with Gasteiger partial charge in [0.15, 0.2) is 0 Å². The molecule has 6 rings (SSSR count). The lowest BCUT2D eigenvalue weighted by molar-refractivity contribution is -0.119. The fraction of sp³-hybridized carbons (Fsp3) is 0.333. The Kier molecular flexibility index (Phi) is 11.0. The average Bonchev–Trinajstić information content (AvgIpc) is 3.74. The maximum atomic E-state index is 11.5. The summed E-state index contributed by atoms with van der Waals surface area (Å²) in [4.78, 5) is 30.4. The molecule has 254 valence electrons. The Balaban J connectivity index is 1.19. The molecule has 1 saturated heterocycles. The van der Waals surface area contributed by atoms with E-state index in [1.165, 1.54) is 0 Å². The van der Waals surface area contributed by atoms with E-state index in [-0.39, 0.29) is 11.9 Å². The van der Waals surface area contributed by atoms with Gasteiger partial charge >= 0.3 is 0 Å². The molecule has 0 unspecified atom stereocenters. The van der Waals surface area contributed by atoms with Crippen LogP contribution >= 0.6 is 23.2 Å². The summed E-state index contributed by atoms with van der Waals surface area (Å²) in [7, 11) is 3.16. The van der Waals surface area contributed by atoms with Gasteiger partial charge < -0.3 is 20.1 Å². The summed E-state index contributed by atoms with van der Waals surface area (Å²) in [5.41, 5.74) is 6.48. The summed E-state index contributed by atoms with van der Waals surface area (Å²) in [6.07, 6.45) is 9.29. The predicted octanol–water partition coefficient (Wildman–Crippen LogP) is 6.49. The van der Waals surface area contributed by atoms with Crippen molar-refractivity contribution in [2.45, 2.75) is 58.2 Å². The van der Waals surface area contributed by atoms with Gasteiger partial charge in [-0.3, -0.25) is 19.4 Å². The van der Waals surface area contributed by atoms with Gasteiger partial charge in [0.1, 0.15) is 11.4 Å². The number of carbonyl (C=O) groups is 1. The van der Waals surface area contributed by atoms with E-state index in [0.29, 0.717) is 75.9 Å². The highest BCUT2D eigenvalue weighted by atomic mass is 35.5. The molecule has 1 atom stereocenters. The maximum absolute atomic E-state index is 11.5. The molecule has 2 N–H and O–H groups in total. The average molecular weight is 702 g/mol. The van der Waals surface area contributed by atoms with E-state index in [1.54, 1.807) is 26.6 Å². The molecule has 3 aromatic heterocycles. The van der Waals surface area contributed by atoms with Crippen LogP contribution in [0.4, 0.5) is 0 Å². The number of nitrogens with one attached hydrogen (secondary N) is 2. The summed E-state index contributed by atoms with van der Waals surface area (Å²) < 4.78 is 13.1. The Labute approximate surface area is 295 Å². The highest BCUT2D eigenvalue weighted by molar-refractivity contribution is 6.39. The zero-order chi connectivity index (χ0) is 34.3. The molecule has 0 aliphatic carbocycles. The zero-order valence-electron chi connectivity index (χ0n) is 27.7. The first-order valence-electron chi connectivity index (χ1n) is 16.2. The number of halogens is 2. The Morgan fingerprint density at radius 1 is 0.898 bits per heavy atom. The SMILES string of the molecule is COc1nc(-c2cccc(-c3cccc(-c4cnc(CNCCn5ccc(C)n5)c(OC)n4)c3Cl)c2Cl)cnc1CCC[C@@H]1CCC(=O)N1. The van der Waals surface area contributed by atoms with Gasteiger partial charge in [-0.1, -0.05) is 59.6 Å². The number of aromatic nitrogens is 6. The minimum atomic E-state index is 0.124. The van der Waals surface area contributed by atoms with E-state index >= 15 is 0 Å². The van der Waals surface area contributed by atoms with Crippen LogP contribution < -0.4 is 20.1 Å². The molecule has 0 saturated carbocycles. The van der Waals surface area contributed by atoms with E-state index in [9.17, 15) is 4.79 Å². The summed E-state index contributed by atoms with van der Waals surface area (Å²) in [6, 6.07) is 13.7. The lowest BCUT2D eigenvalue weighted by atomic mass is 9.98. The van der Waals surface area contributed by atoms with Crippen molar-refractivity contribution < 1.29 is 14.3 Å². The molecular formula is C36H38Cl2N8O3. The summed E-state index contributed by atoms with van der Waals surface area (Å²) in [5, 5.41) is 11.8. The molecule has 49 heavy (non-hydrogen) atoms. The van der Waals surface area contributed by atoms with Crippen LogP contribution in [0.15, 0.2) is 61.1 Å². The van der Waals surface area contributed by atoms with Gasteiger partial charge in [-0.2, -0.15) is 5.10 Å². The number of amides is 1. The number of nitrogens with zero attached hydrogens (tertiary/aromatic N) is 6. The molecule has 0 spiro atoms. The van der Waals surface area contributed by atoms with Crippen molar-refractivity contribution in [3.8, 4) is 45.4 Å². The molecule has 11 nitrogen and oxygen atoms in total. The first-order valence-corrected chi connectivity index (χ1v) is 17.0. The second-order valence-electron chi connectivity index (χ2n) is 11.8. The van der Waals surface area contributed by atoms with Crippen LogP contribution in [0.25, 0.3) is 33.6 Å². The van der Waals surface area contributed by atoms with Crippen molar-refractivity contribution >= 4 is 29.1 Å². The standard InChI is InChI=1S/C36H38Cl2N8O3/c1-22-15-17-46(45-22)18-16-39-19-31-36(49-3)44-30(21-41-31)27-11-6-9-25(34(27)38)24-8-5-10-26(33(24)37)29-20-40-28(35(43-29)48-2)12-4-7-23-13-14-32(47)42-23/h5-6,8-11,15,17,20-21,23,39H,4,7,12-14,16,18-19H2,1-3H3,(H,42,47)/t23-/m1/s1. The molecule has 1 fully saturated rings. The van der Waals surface area contributed by atoms with E-state index < -0.39 is 0 Å². The number of carbonyl (C=O) groups excluding carboxylic acids is 1. The van der Waals surface area contributed by atoms with Gasteiger partial charge in [-0.25, -0.2) is 9.97 Å². The van der Waals surface area contributed by atoms with Gasteiger partial charge in [-0.15, -0.1) is 0 Å². The Bertz CT molecular complexity index is 1950. The second kappa shape index (κ2) is 15.8. The van der Waals surface area contributed by atoms with Crippen LogP contribution in [-0.4, -0.2) is 62.4 Å². The number of rotatable bonds is 14. The van der Waals surface area contributed by atoms with Crippen LogP contribution in [0.3, 0.4) is 0 Å². The van der Waals surface area contributed by atoms with Crippen LogP contribution in [0.1, 0.15) is 42.8 Å². The summed E-state index contributed by atoms with van der Waals surface area (Å²) in [5.74, 6) is 0.995. The lowest BCUT2D eigenvalue weighted by Crippen LogP contribution is -2.25. The number of hydrogen-bond acceptors (Lipinski definition) is 9. The summed E-state index contributed by atoms with van der Waals surface area (Å²) >= 11 is 14.1. The van der Waals surface area contributed by atoms with Crippen LogP contribution in [-0.2, 0) is 24.3 Å². The van der Waals surface area contributed by atoms with Crippen LogP contribution in [0.5, 0.6) is 11.8 Å². The number of methoxy groups -OCH3 is 2. The smallest absolute Gasteiger partial charge is 0.237 e. The fourth-order valence-corrected chi connectivity index (χ4v) is 6.60. The van der Waals surface area contributed by atoms with Gasteiger partial charge in [0.25, 0.3) is 0 Å². The second-order valence-corrected chi connectivity index (χ2v) is 12.6. The van der Waals surface area contributed by atoms with Crippen molar-refractivity contribution in [3.05, 3.63) is 88.2 Å². The molecule has 0 bridgehead atoms. The monoisotopic (exact) mass is 700 g/mol. The van der Waals surface area contributed by atoms with Gasteiger partial charge in [-0.05, 0) is 38.7 Å². The first kappa shape index (κ1) is 34.3. The number of aryl methyl sites for hydroxylation is 2.